The SMILES string of the molecule is COc1ccc(-c2cc(=O)n([C@@H]3O[C@H](CO)[C@@H](O)[C@H](O)[C@H]3O)c3ccccc23)cc1. The molecule has 5 atom stereocenters. The van der Waals surface area contributed by atoms with Gasteiger partial charge >= 0.3 is 0 Å². The van der Waals surface area contributed by atoms with E-state index in [1.165, 1.54) is 10.6 Å². The van der Waals surface area contributed by atoms with Crippen LogP contribution in [-0.4, -0.2) is 63.1 Å². The molecule has 4 rings (SSSR count). The Kier molecular flexibility index (Phi) is 5.59. The summed E-state index contributed by atoms with van der Waals surface area (Å²) in [6.07, 6.45) is -7.02. The van der Waals surface area contributed by atoms with Crippen molar-refractivity contribution < 1.29 is 29.9 Å². The van der Waals surface area contributed by atoms with Gasteiger partial charge in [0.25, 0.3) is 5.56 Å². The Morgan fingerprint density at radius 3 is 2.37 bits per heavy atom. The van der Waals surface area contributed by atoms with Crippen molar-refractivity contribution >= 4 is 10.9 Å². The molecular formula is C22H23NO7. The molecule has 4 N–H and O–H groups in total. The van der Waals surface area contributed by atoms with E-state index in [1.807, 2.05) is 24.3 Å². The highest BCUT2D eigenvalue weighted by atomic mass is 16.6. The van der Waals surface area contributed by atoms with Gasteiger partial charge in [-0.3, -0.25) is 9.36 Å². The van der Waals surface area contributed by atoms with Crippen LogP contribution in [0.4, 0.5) is 0 Å². The standard InChI is InChI=1S/C22H23NO7/c1-29-13-8-6-12(7-9-13)15-10-18(25)23(16-5-3-2-4-14(15)16)22-21(28)20(27)19(26)17(11-24)30-22/h2-10,17,19-22,24,26-28H,11H2,1H3/t17-,19-,20+,21-,22-/m1/s1. The van der Waals surface area contributed by atoms with E-state index in [0.717, 1.165) is 10.9 Å². The Hall–Kier alpha value is -2.75. The fraction of sp³-hybridized carbons (Fsp3) is 0.318. The molecule has 0 bridgehead atoms. The predicted molar refractivity (Wildman–Crippen MR) is 109 cm³/mol. The van der Waals surface area contributed by atoms with Crippen LogP contribution in [0.2, 0.25) is 0 Å². The van der Waals surface area contributed by atoms with Crippen molar-refractivity contribution in [3.05, 3.63) is 65.0 Å². The van der Waals surface area contributed by atoms with Gasteiger partial charge < -0.3 is 29.9 Å². The minimum atomic E-state index is -1.58. The molecule has 158 valence electrons. The van der Waals surface area contributed by atoms with Gasteiger partial charge in [-0.25, -0.2) is 0 Å². The maximum atomic E-state index is 13.1. The van der Waals surface area contributed by atoms with E-state index in [0.29, 0.717) is 16.8 Å². The number of rotatable bonds is 4. The molecule has 0 unspecified atom stereocenters. The minimum Gasteiger partial charge on any atom is -0.497 e. The zero-order valence-electron chi connectivity index (χ0n) is 16.3. The number of benzene rings is 2. The summed E-state index contributed by atoms with van der Waals surface area (Å²) in [5, 5.41) is 40.9. The molecule has 1 fully saturated rings. The van der Waals surface area contributed by atoms with Crippen LogP contribution >= 0.6 is 0 Å². The van der Waals surface area contributed by atoms with Crippen molar-refractivity contribution in [1.82, 2.24) is 4.57 Å². The number of nitrogens with zero attached hydrogens (tertiary/aromatic N) is 1. The molecule has 8 nitrogen and oxygen atoms in total. The van der Waals surface area contributed by atoms with Crippen LogP contribution in [0.5, 0.6) is 5.75 Å². The molecule has 2 heterocycles. The van der Waals surface area contributed by atoms with Gasteiger partial charge in [0, 0.05) is 11.5 Å². The molecule has 0 amide bonds. The highest BCUT2D eigenvalue weighted by Gasteiger charge is 2.44. The molecule has 1 aromatic heterocycles. The van der Waals surface area contributed by atoms with Crippen molar-refractivity contribution in [2.45, 2.75) is 30.6 Å². The smallest absolute Gasteiger partial charge is 0.253 e. The summed E-state index contributed by atoms with van der Waals surface area (Å²) in [7, 11) is 1.58. The fourth-order valence-corrected chi connectivity index (χ4v) is 3.87. The number of aromatic nitrogens is 1. The van der Waals surface area contributed by atoms with Crippen LogP contribution in [0.1, 0.15) is 6.23 Å². The first-order valence-electron chi connectivity index (χ1n) is 9.55. The fourth-order valence-electron chi connectivity index (χ4n) is 3.87. The summed E-state index contributed by atoms with van der Waals surface area (Å²) < 4.78 is 12.0. The largest absolute Gasteiger partial charge is 0.497 e. The molecule has 30 heavy (non-hydrogen) atoms. The molecule has 0 spiro atoms. The summed E-state index contributed by atoms with van der Waals surface area (Å²) in [6.45, 7) is -0.571. The average Bonchev–Trinajstić information content (AvgIpc) is 2.78. The lowest BCUT2D eigenvalue weighted by Gasteiger charge is -2.41. The first-order valence-corrected chi connectivity index (χ1v) is 9.55. The van der Waals surface area contributed by atoms with Gasteiger partial charge in [-0.2, -0.15) is 0 Å². The van der Waals surface area contributed by atoms with Gasteiger partial charge in [0.1, 0.15) is 30.2 Å². The Morgan fingerprint density at radius 1 is 1.00 bits per heavy atom. The van der Waals surface area contributed by atoms with Crippen molar-refractivity contribution in [3.63, 3.8) is 0 Å². The van der Waals surface area contributed by atoms with Gasteiger partial charge in [0.05, 0.1) is 19.2 Å². The van der Waals surface area contributed by atoms with Gasteiger partial charge in [-0.15, -0.1) is 0 Å². The van der Waals surface area contributed by atoms with E-state index in [9.17, 15) is 25.2 Å². The van der Waals surface area contributed by atoms with E-state index in [2.05, 4.69) is 0 Å². The van der Waals surface area contributed by atoms with E-state index >= 15 is 0 Å². The van der Waals surface area contributed by atoms with Gasteiger partial charge in [0.15, 0.2) is 6.23 Å². The van der Waals surface area contributed by atoms with Crippen LogP contribution < -0.4 is 10.3 Å². The molecule has 1 aliphatic heterocycles. The van der Waals surface area contributed by atoms with Crippen LogP contribution in [0, 0.1) is 0 Å². The lowest BCUT2D eigenvalue weighted by molar-refractivity contribution is -0.251. The Bertz CT molecular complexity index is 1090. The van der Waals surface area contributed by atoms with E-state index in [-0.39, 0.29) is 0 Å². The second kappa shape index (κ2) is 8.17. The van der Waals surface area contributed by atoms with Crippen LogP contribution in [0.25, 0.3) is 22.0 Å². The quantitative estimate of drug-likeness (QED) is 0.496. The molecule has 1 saturated heterocycles. The molecule has 8 heteroatoms. The monoisotopic (exact) mass is 413 g/mol. The highest BCUT2D eigenvalue weighted by Crippen LogP contribution is 2.33. The summed E-state index contributed by atoms with van der Waals surface area (Å²) in [5.41, 5.74) is 1.54. The number of pyridine rings is 1. The van der Waals surface area contributed by atoms with Crippen molar-refractivity contribution in [2.24, 2.45) is 0 Å². The Labute approximate surface area is 172 Å². The second-order valence-electron chi connectivity index (χ2n) is 7.23. The van der Waals surface area contributed by atoms with E-state index < -0.39 is 42.8 Å². The van der Waals surface area contributed by atoms with Gasteiger partial charge in [-0.05, 0) is 29.3 Å². The molecule has 3 aromatic rings. The third-order valence-corrected chi connectivity index (χ3v) is 5.48. The first kappa shape index (κ1) is 20.5. The third-order valence-electron chi connectivity index (χ3n) is 5.48. The average molecular weight is 413 g/mol. The predicted octanol–water partition coefficient (Wildman–Crippen LogP) is 0.649. The summed E-state index contributed by atoms with van der Waals surface area (Å²) in [4.78, 5) is 13.1. The molecule has 1 aliphatic rings. The van der Waals surface area contributed by atoms with Crippen molar-refractivity contribution in [1.29, 1.82) is 0 Å². The lowest BCUT2D eigenvalue weighted by atomic mass is 9.97. The number of fused-ring (bicyclic) bond motifs is 1. The maximum absolute atomic E-state index is 13.1. The normalized spacial score (nSPS) is 26.6. The minimum absolute atomic E-state index is 0.455. The number of ether oxygens (including phenoxy) is 2. The third kappa shape index (κ3) is 3.38. The van der Waals surface area contributed by atoms with Crippen LogP contribution in [0.15, 0.2) is 59.4 Å². The molecule has 0 saturated carbocycles. The highest BCUT2D eigenvalue weighted by molar-refractivity contribution is 5.94. The zero-order chi connectivity index (χ0) is 21.4. The number of methoxy groups -OCH3 is 1. The van der Waals surface area contributed by atoms with E-state index in [1.54, 1.807) is 31.4 Å². The topological polar surface area (TPSA) is 121 Å². The zero-order valence-corrected chi connectivity index (χ0v) is 16.3. The number of aliphatic hydroxyl groups excluding tert-OH is 4. The van der Waals surface area contributed by atoms with Gasteiger partial charge in [-0.1, -0.05) is 30.3 Å². The molecule has 0 radical (unpaired) electrons. The Morgan fingerprint density at radius 2 is 1.70 bits per heavy atom. The van der Waals surface area contributed by atoms with Crippen molar-refractivity contribution in [2.75, 3.05) is 13.7 Å². The van der Waals surface area contributed by atoms with Crippen LogP contribution in [-0.2, 0) is 4.74 Å². The second-order valence-corrected chi connectivity index (χ2v) is 7.23. The van der Waals surface area contributed by atoms with Crippen LogP contribution in [0.3, 0.4) is 0 Å². The number of hydrogen-bond donors (Lipinski definition) is 4. The number of hydrogen-bond acceptors (Lipinski definition) is 7. The number of para-hydroxylation sites is 1. The lowest BCUT2D eigenvalue weighted by Crippen LogP contribution is -2.57. The maximum Gasteiger partial charge on any atom is 0.253 e. The Balaban J connectivity index is 1.88. The molecule has 2 aromatic carbocycles. The summed E-state index contributed by atoms with van der Waals surface area (Å²) in [6, 6.07) is 15.9. The van der Waals surface area contributed by atoms with E-state index in [4.69, 9.17) is 9.47 Å². The summed E-state index contributed by atoms with van der Waals surface area (Å²) >= 11 is 0. The number of aliphatic hydroxyl groups is 4. The summed E-state index contributed by atoms with van der Waals surface area (Å²) in [5.74, 6) is 0.692. The first-order chi connectivity index (χ1) is 14.5. The molecular weight excluding hydrogens is 390 g/mol. The molecule has 0 aliphatic carbocycles. The van der Waals surface area contributed by atoms with Crippen molar-refractivity contribution in [3.8, 4) is 16.9 Å². The van der Waals surface area contributed by atoms with Gasteiger partial charge in [0.2, 0.25) is 0 Å².